The minimum Gasteiger partial charge on any atom is -0.360 e. The van der Waals surface area contributed by atoms with Crippen molar-refractivity contribution in [2.75, 3.05) is 38.0 Å². The summed E-state index contributed by atoms with van der Waals surface area (Å²) in [5, 5.41) is 6.51. The number of nitrogens with zero attached hydrogens (tertiary/aromatic N) is 2. The largest absolute Gasteiger partial charge is 0.360 e. The topological polar surface area (TPSA) is 79.9 Å². The van der Waals surface area contributed by atoms with Crippen molar-refractivity contribution >= 4 is 17.6 Å². The first-order valence-corrected chi connectivity index (χ1v) is 10.4. The number of carbonyl (C=O) groups excluding carboxylic acids is 2. The summed E-state index contributed by atoms with van der Waals surface area (Å²) >= 11 is 0. The molecule has 1 aromatic heterocycles. The van der Waals surface area contributed by atoms with E-state index in [-0.39, 0.29) is 30.2 Å². The second kappa shape index (κ2) is 9.69. The highest BCUT2D eigenvalue weighted by Gasteiger charge is 2.46. The van der Waals surface area contributed by atoms with Crippen LogP contribution in [0.15, 0.2) is 40.9 Å². The summed E-state index contributed by atoms with van der Waals surface area (Å²) in [5.41, 5.74) is 1.20. The zero-order chi connectivity index (χ0) is 20.8. The number of nitrogens with one attached hydrogen (secondary N) is 2. The molecule has 1 heterocycles. The molecule has 3 rings (SSSR count). The third-order valence-electron chi connectivity index (χ3n) is 5.61. The number of aromatic nitrogens is 1. The number of benzene rings is 1. The van der Waals surface area contributed by atoms with Gasteiger partial charge in [-0.1, -0.05) is 35.5 Å². The van der Waals surface area contributed by atoms with E-state index in [2.05, 4.69) is 36.5 Å². The Morgan fingerprint density at radius 2 is 1.97 bits per heavy atom. The summed E-state index contributed by atoms with van der Waals surface area (Å²) in [6.45, 7) is 9.47. The molecule has 0 bridgehead atoms. The van der Waals surface area contributed by atoms with Crippen molar-refractivity contribution in [3.05, 3.63) is 47.7 Å². The molecule has 1 aliphatic carbocycles. The number of likely N-dealkylation sites (N-methyl/N-ethyl adjacent to an activating group) is 1. The molecule has 1 aromatic carbocycles. The molecule has 1 fully saturated rings. The number of anilines is 1. The van der Waals surface area contributed by atoms with Gasteiger partial charge in [-0.15, -0.1) is 0 Å². The fraction of sp³-hybridized carbons (Fsp3) is 0.500. The molecule has 1 aliphatic rings. The summed E-state index contributed by atoms with van der Waals surface area (Å²) in [7, 11) is 0. The predicted octanol–water partition coefficient (Wildman–Crippen LogP) is 1.48. The summed E-state index contributed by atoms with van der Waals surface area (Å²) in [4.78, 5) is 28.8. The molecule has 1 saturated carbocycles. The molecule has 0 saturated heterocycles. The number of amides is 2. The molecule has 7 heteroatoms. The Morgan fingerprint density at radius 3 is 2.59 bits per heavy atom. The molecule has 0 radical (unpaired) electrons. The van der Waals surface area contributed by atoms with Gasteiger partial charge in [0.15, 0.2) is 5.82 Å². The van der Waals surface area contributed by atoms with Crippen LogP contribution >= 0.6 is 0 Å². The van der Waals surface area contributed by atoms with Gasteiger partial charge >= 0.3 is 0 Å². The van der Waals surface area contributed by atoms with Gasteiger partial charge in [-0.3, -0.25) is 9.59 Å². The van der Waals surface area contributed by atoms with Crippen LogP contribution < -0.4 is 10.2 Å². The van der Waals surface area contributed by atoms with Crippen molar-refractivity contribution in [3.63, 3.8) is 0 Å². The molecule has 7 nitrogen and oxygen atoms in total. The van der Waals surface area contributed by atoms with E-state index in [1.165, 1.54) is 10.5 Å². The van der Waals surface area contributed by atoms with Crippen molar-refractivity contribution in [1.29, 1.82) is 0 Å². The third-order valence-corrected chi connectivity index (χ3v) is 5.61. The average molecular weight is 400 g/mol. The quantitative estimate of drug-likeness (QED) is 0.634. The van der Waals surface area contributed by atoms with Crippen molar-refractivity contribution in [3.8, 4) is 0 Å². The highest BCUT2D eigenvalue weighted by Crippen LogP contribution is 2.48. The Labute approximate surface area is 172 Å². The first-order chi connectivity index (χ1) is 14.0. The SMILES string of the molecule is CC[NH+](CC)CCN(CC(=O)Nc1cc(C)on1)C(=O)[C@@H]1C[C@H]1c1ccccc1. The van der Waals surface area contributed by atoms with Gasteiger partial charge in [0, 0.05) is 12.0 Å². The van der Waals surface area contributed by atoms with Crippen LogP contribution in [0.1, 0.15) is 37.5 Å². The van der Waals surface area contributed by atoms with Gasteiger partial charge in [-0.25, -0.2) is 0 Å². The molecule has 29 heavy (non-hydrogen) atoms. The maximum absolute atomic E-state index is 13.2. The van der Waals surface area contributed by atoms with Gasteiger partial charge in [0.05, 0.1) is 26.2 Å². The van der Waals surface area contributed by atoms with Crippen LogP contribution in [0.5, 0.6) is 0 Å². The minimum atomic E-state index is -0.252. The van der Waals surface area contributed by atoms with E-state index in [4.69, 9.17) is 4.52 Å². The molecular formula is C22H31N4O3+. The highest BCUT2D eigenvalue weighted by molar-refractivity contribution is 5.94. The smallest absolute Gasteiger partial charge is 0.245 e. The number of hydrogen-bond acceptors (Lipinski definition) is 4. The lowest BCUT2D eigenvalue weighted by Crippen LogP contribution is -3.12. The molecule has 2 N–H and O–H groups in total. The number of quaternary nitrogens is 1. The average Bonchev–Trinajstić information content (AvgIpc) is 3.43. The van der Waals surface area contributed by atoms with Crippen LogP contribution in [-0.2, 0) is 9.59 Å². The molecule has 156 valence electrons. The highest BCUT2D eigenvalue weighted by atomic mass is 16.5. The fourth-order valence-corrected chi connectivity index (χ4v) is 3.72. The Kier molecular flexibility index (Phi) is 7.04. The Balaban J connectivity index is 1.63. The Morgan fingerprint density at radius 1 is 1.24 bits per heavy atom. The second-order valence-corrected chi connectivity index (χ2v) is 7.70. The maximum Gasteiger partial charge on any atom is 0.245 e. The lowest BCUT2D eigenvalue weighted by molar-refractivity contribution is -0.895. The molecule has 0 unspecified atom stereocenters. The third kappa shape index (κ3) is 5.67. The zero-order valence-electron chi connectivity index (χ0n) is 17.5. The van der Waals surface area contributed by atoms with Gasteiger partial charge < -0.3 is 19.6 Å². The van der Waals surface area contributed by atoms with Crippen LogP contribution in [-0.4, -0.2) is 54.6 Å². The first kappa shape index (κ1) is 21.0. The van der Waals surface area contributed by atoms with E-state index in [9.17, 15) is 9.59 Å². The molecule has 0 spiro atoms. The van der Waals surface area contributed by atoms with Crippen molar-refractivity contribution in [1.82, 2.24) is 10.1 Å². The fourth-order valence-electron chi connectivity index (χ4n) is 3.72. The molecule has 2 aromatic rings. The van der Waals surface area contributed by atoms with Crippen LogP contribution in [0.25, 0.3) is 0 Å². The summed E-state index contributed by atoms with van der Waals surface area (Å²) in [6, 6.07) is 11.8. The summed E-state index contributed by atoms with van der Waals surface area (Å²) < 4.78 is 4.99. The van der Waals surface area contributed by atoms with E-state index in [0.29, 0.717) is 18.1 Å². The summed E-state index contributed by atoms with van der Waals surface area (Å²) in [6.07, 6.45) is 0.849. The molecule has 2 atom stereocenters. The number of carbonyl (C=O) groups is 2. The molecular weight excluding hydrogens is 368 g/mol. The normalized spacial score (nSPS) is 17.9. The van der Waals surface area contributed by atoms with Gasteiger partial charge in [-0.2, -0.15) is 0 Å². The summed E-state index contributed by atoms with van der Waals surface area (Å²) in [5.74, 6) is 1.04. The van der Waals surface area contributed by atoms with Crippen molar-refractivity contribution < 1.29 is 19.0 Å². The number of aryl methyl sites for hydroxylation is 1. The van der Waals surface area contributed by atoms with Crippen LogP contribution in [0.2, 0.25) is 0 Å². The second-order valence-electron chi connectivity index (χ2n) is 7.70. The van der Waals surface area contributed by atoms with Gasteiger partial charge in [0.25, 0.3) is 0 Å². The Hall–Kier alpha value is -2.67. The van der Waals surface area contributed by atoms with E-state index in [1.807, 2.05) is 18.2 Å². The lowest BCUT2D eigenvalue weighted by Gasteiger charge is -2.24. The molecule has 0 aliphatic heterocycles. The van der Waals surface area contributed by atoms with E-state index in [0.717, 1.165) is 26.1 Å². The first-order valence-electron chi connectivity index (χ1n) is 10.4. The van der Waals surface area contributed by atoms with Crippen molar-refractivity contribution in [2.45, 2.75) is 33.1 Å². The standard InChI is InChI=1S/C22H30N4O3/c1-4-25(5-2)11-12-26(15-21(27)23-20-13-16(3)29-24-20)22(28)19-14-18(19)17-9-7-6-8-10-17/h6-10,13,18-19H,4-5,11-12,14-15H2,1-3H3,(H,23,24,27)/p+1/t18-,19+/m0/s1. The van der Waals surface area contributed by atoms with Crippen LogP contribution in [0.3, 0.4) is 0 Å². The monoisotopic (exact) mass is 399 g/mol. The minimum absolute atomic E-state index is 0.0312. The lowest BCUT2D eigenvalue weighted by atomic mass is 10.1. The van der Waals surface area contributed by atoms with Gasteiger partial charge in [0.1, 0.15) is 12.3 Å². The Bertz CT molecular complexity index is 816. The molecule has 2 amide bonds. The van der Waals surface area contributed by atoms with Gasteiger partial charge in [-0.05, 0) is 38.7 Å². The number of hydrogen-bond donors (Lipinski definition) is 2. The van der Waals surface area contributed by atoms with Crippen molar-refractivity contribution in [2.24, 2.45) is 5.92 Å². The zero-order valence-corrected chi connectivity index (χ0v) is 17.5. The van der Waals surface area contributed by atoms with Crippen LogP contribution in [0, 0.1) is 12.8 Å². The van der Waals surface area contributed by atoms with Crippen LogP contribution in [0.4, 0.5) is 5.82 Å². The van der Waals surface area contributed by atoms with E-state index in [1.54, 1.807) is 17.9 Å². The number of rotatable bonds is 10. The van der Waals surface area contributed by atoms with E-state index >= 15 is 0 Å². The predicted molar refractivity (Wildman–Crippen MR) is 111 cm³/mol. The maximum atomic E-state index is 13.2. The van der Waals surface area contributed by atoms with Gasteiger partial charge in [0.2, 0.25) is 11.8 Å². The van der Waals surface area contributed by atoms with E-state index < -0.39 is 0 Å².